The fourth-order valence-electron chi connectivity index (χ4n) is 2.52. The first-order valence-corrected chi connectivity index (χ1v) is 6.29. The maximum atomic E-state index is 8.75. The van der Waals surface area contributed by atoms with Crippen LogP contribution in [0.2, 0.25) is 0 Å². The number of nitrogens with two attached hydrogens (primary N) is 1. The van der Waals surface area contributed by atoms with Crippen molar-refractivity contribution >= 4 is 11.4 Å². The monoisotopic (exact) mass is 245 g/mol. The summed E-state index contributed by atoms with van der Waals surface area (Å²) in [6, 6.07) is 8.26. The van der Waals surface area contributed by atoms with Crippen LogP contribution in [-0.2, 0) is 11.2 Å². The quantitative estimate of drug-likeness (QED) is 0.798. The van der Waals surface area contributed by atoms with Gasteiger partial charge in [0.15, 0.2) is 0 Å². The van der Waals surface area contributed by atoms with Crippen LogP contribution in [0.1, 0.15) is 24.8 Å². The van der Waals surface area contributed by atoms with Crippen molar-refractivity contribution in [3.05, 3.63) is 23.8 Å². The van der Waals surface area contributed by atoms with E-state index in [1.165, 1.54) is 6.42 Å². The molecule has 1 saturated carbocycles. The molecule has 0 bridgehead atoms. The van der Waals surface area contributed by atoms with Gasteiger partial charge in [0.2, 0.25) is 0 Å². The van der Waals surface area contributed by atoms with E-state index in [4.69, 9.17) is 15.7 Å². The van der Waals surface area contributed by atoms with Crippen molar-refractivity contribution in [2.75, 3.05) is 18.2 Å². The number of rotatable bonds is 4. The molecule has 3 N–H and O–H groups in total. The Morgan fingerprint density at radius 2 is 2.33 bits per heavy atom. The first-order valence-electron chi connectivity index (χ1n) is 6.29. The molecule has 0 saturated heterocycles. The molecule has 4 heteroatoms. The average molecular weight is 245 g/mol. The Bertz CT molecular complexity index is 453. The lowest BCUT2D eigenvalue weighted by atomic mass is 10.1. The molecule has 0 amide bonds. The summed E-state index contributed by atoms with van der Waals surface area (Å²) in [5.41, 5.74) is 8.41. The molecule has 0 spiro atoms. The fraction of sp³-hybridized carbons (Fsp3) is 0.500. The van der Waals surface area contributed by atoms with Crippen LogP contribution in [0.15, 0.2) is 18.2 Å². The van der Waals surface area contributed by atoms with E-state index in [9.17, 15) is 0 Å². The number of benzene rings is 1. The molecule has 2 rings (SSSR count). The summed E-state index contributed by atoms with van der Waals surface area (Å²) in [4.78, 5) is 0. The van der Waals surface area contributed by atoms with Gasteiger partial charge < -0.3 is 15.8 Å². The highest BCUT2D eigenvalue weighted by Gasteiger charge is 2.26. The molecule has 0 aromatic heterocycles. The van der Waals surface area contributed by atoms with E-state index in [0.29, 0.717) is 18.2 Å². The minimum Gasteiger partial charge on any atom is -0.398 e. The predicted octanol–water partition coefficient (Wildman–Crippen LogP) is 2.31. The zero-order chi connectivity index (χ0) is 13.0. The molecule has 0 radical (unpaired) electrons. The zero-order valence-corrected chi connectivity index (χ0v) is 10.6. The highest BCUT2D eigenvalue weighted by atomic mass is 16.5. The van der Waals surface area contributed by atoms with Crippen molar-refractivity contribution < 1.29 is 4.74 Å². The Labute approximate surface area is 108 Å². The molecule has 1 aromatic carbocycles. The van der Waals surface area contributed by atoms with E-state index in [2.05, 4.69) is 11.4 Å². The van der Waals surface area contributed by atoms with Crippen LogP contribution in [0.25, 0.3) is 0 Å². The van der Waals surface area contributed by atoms with Crippen LogP contribution >= 0.6 is 0 Å². The maximum Gasteiger partial charge on any atom is 0.0772 e. The highest BCUT2D eigenvalue weighted by Crippen LogP contribution is 2.26. The minimum atomic E-state index is 0.280. The van der Waals surface area contributed by atoms with Crippen molar-refractivity contribution in [2.24, 2.45) is 0 Å². The van der Waals surface area contributed by atoms with Gasteiger partial charge in [0, 0.05) is 18.5 Å². The van der Waals surface area contributed by atoms with Gasteiger partial charge in [-0.1, -0.05) is 0 Å². The van der Waals surface area contributed by atoms with Gasteiger partial charge in [0.05, 0.1) is 24.6 Å². The first kappa shape index (κ1) is 12.7. The third-order valence-corrected chi connectivity index (χ3v) is 3.52. The summed E-state index contributed by atoms with van der Waals surface area (Å²) < 4.78 is 5.46. The summed E-state index contributed by atoms with van der Waals surface area (Å²) in [5.74, 6) is 0. The van der Waals surface area contributed by atoms with Gasteiger partial charge in [0.25, 0.3) is 0 Å². The normalized spacial score (nSPS) is 22.7. The average Bonchev–Trinajstić information content (AvgIpc) is 2.81. The molecular weight excluding hydrogens is 226 g/mol. The summed E-state index contributed by atoms with van der Waals surface area (Å²) in [6.45, 7) is 0. The molecule has 4 nitrogen and oxygen atoms in total. The standard InChI is InChI=1S/C14H19N3O/c1-18-14-4-2-3-13(14)17-11-5-6-12(16)10(9-11)7-8-15/h5-6,9,13-14,17H,2-4,7,16H2,1H3. The van der Waals surface area contributed by atoms with Crippen LogP contribution in [-0.4, -0.2) is 19.3 Å². The maximum absolute atomic E-state index is 8.75. The van der Waals surface area contributed by atoms with Gasteiger partial charge in [-0.15, -0.1) is 0 Å². The molecule has 96 valence electrons. The van der Waals surface area contributed by atoms with Gasteiger partial charge in [-0.2, -0.15) is 5.26 Å². The van der Waals surface area contributed by atoms with Crippen LogP contribution in [0.5, 0.6) is 0 Å². The molecule has 2 atom stereocenters. The number of anilines is 2. The van der Waals surface area contributed by atoms with Gasteiger partial charge in [0.1, 0.15) is 0 Å². The van der Waals surface area contributed by atoms with E-state index in [-0.39, 0.29) is 6.10 Å². The molecule has 1 fully saturated rings. The van der Waals surface area contributed by atoms with Crippen LogP contribution < -0.4 is 11.1 Å². The number of hydrogen-bond acceptors (Lipinski definition) is 4. The van der Waals surface area contributed by atoms with Gasteiger partial charge in [-0.05, 0) is 43.0 Å². The van der Waals surface area contributed by atoms with Gasteiger partial charge in [-0.25, -0.2) is 0 Å². The first-order chi connectivity index (χ1) is 8.74. The summed E-state index contributed by atoms with van der Waals surface area (Å²) in [7, 11) is 1.76. The minimum absolute atomic E-state index is 0.280. The third kappa shape index (κ3) is 2.74. The largest absolute Gasteiger partial charge is 0.398 e. The van der Waals surface area contributed by atoms with E-state index in [1.54, 1.807) is 7.11 Å². The molecule has 0 heterocycles. The van der Waals surface area contributed by atoms with Crippen molar-refractivity contribution in [2.45, 2.75) is 37.8 Å². The molecule has 1 aliphatic rings. The Morgan fingerprint density at radius 1 is 1.50 bits per heavy atom. The van der Waals surface area contributed by atoms with Crippen molar-refractivity contribution in [1.29, 1.82) is 5.26 Å². The molecule has 0 aliphatic heterocycles. The predicted molar refractivity (Wildman–Crippen MR) is 72.2 cm³/mol. The van der Waals surface area contributed by atoms with E-state index in [1.807, 2.05) is 18.2 Å². The topological polar surface area (TPSA) is 71.1 Å². The van der Waals surface area contributed by atoms with Crippen LogP contribution in [0.3, 0.4) is 0 Å². The van der Waals surface area contributed by atoms with E-state index < -0.39 is 0 Å². The van der Waals surface area contributed by atoms with Crippen molar-refractivity contribution in [1.82, 2.24) is 0 Å². The second-order valence-electron chi connectivity index (χ2n) is 4.70. The Kier molecular flexibility index (Phi) is 4.06. The number of nitrogens with zero attached hydrogens (tertiary/aromatic N) is 1. The number of nitrogens with one attached hydrogen (secondary N) is 1. The highest BCUT2D eigenvalue weighted by molar-refractivity contribution is 5.58. The second kappa shape index (κ2) is 5.74. The molecule has 1 aliphatic carbocycles. The van der Waals surface area contributed by atoms with Crippen molar-refractivity contribution in [3.8, 4) is 6.07 Å². The number of nitrogen functional groups attached to an aromatic ring is 1. The van der Waals surface area contributed by atoms with Crippen molar-refractivity contribution in [3.63, 3.8) is 0 Å². The molecule has 1 aromatic rings. The molecule has 2 unspecified atom stereocenters. The lowest BCUT2D eigenvalue weighted by Gasteiger charge is -2.21. The SMILES string of the molecule is COC1CCCC1Nc1ccc(N)c(CC#N)c1. The van der Waals surface area contributed by atoms with Gasteiger partial charge >= 0.3 is 0 Å². The fourth-order valence-corrected chi connectivity index (χ4v) is 2.52. The number of methoxy groups -OCH3 is 1. The summed E-state index contributed by atoms with van der Waals surface area (Å²) >= 11 is 0. The van der Waals surface area contributed by atoms with Crippen LogP contribution in [0, 0.1) is 11.3 Å². The summed E-state index contributed by atoms with van der Waals surface area (Å²) in [6.07, 6.45) is 4.04. The lowest BCUT2D eigenvalue weighted by molar-refractivity contribution is 0.101. The third-order valence-electron chi connectivity index (χ3n) is 3.52. The number of nitriles is 1. The number of ether oxygens (including phenoxy) is 1. The lowest BCUT2D eigenvalue weighted by Crippen LogP contribution is -2.29. The Balaban J connectivity index is 2.09. The van der Waals surface area contributed by atoms with Gasteiger partial charge in [-0.3, -0.25) is 0 Å². The Morgan fingerprint density at radius 3 is 3.06 bits per heavy atom. The van der Waals surface area contributed by atoms with E-state index in [0.717, 1.165) is 24.1 Å². The van der Waals surface area contributed by atoms with E-state index >= 15 is 0 Å². The summed E-state index contributed by atoms with van der Waals surface area (Å²) in [5, 5.41) is 12.2. The molecular formula is C14H19N3O. The second-order valence-corrected chi connectivity index (χ2v) is 4.70. The zero-order valence-electron chi connectivity index (χ0n) is 10.6. The number of hydrogen-bond donors (Lipinski definition) is 2. The van der Waals surface area contributed by atoms with Crippen LogP contribution in [0.4, 0.5) is 11.4 Å². The Hall–Kier alpha value is -1.73. The molecule has 18 heavy (non-hydrogen) atoms. The smallest absolute Gasteiger partial charge is 0.0772 e.